The first-order valence-corrected chi connectivity index (χ1v) is 12.5. The van der Waals surface area contributed by atoms with Crippen LogP contribution in [0.15, 0.2) is 29.4 Å². The lowest BCUT2D eigenvalue weighted by Gasteiger charge is -2.28. The van der Waals surface area contributed by atoms with Crippen molar-refractivity contribution >= 4 is 38.7 Å². The first kappa shape index (κ1) is 20.8. The van der Waals surface area contributed by atoms with Crippen molar-refractivity contribution in [1.82, 2.24) is 5.01 Å². The number of hydrazone groups is 1. The number of hydrogen-bond acceptors (Lipinski definition) is 6. The number of anilines is 2. The molecule has 0 aromatic heterocycles. The molecule has 1 aromatic carbocycles. The van der Waals surface area contributed by atoms with Gasteiger partial charge in [-0.15, -0.1) is 0 Å². The molecule has 2 fully saturated rings. The second-order valence-electron chi connectivity index (χ2n) is 8.21. The highest BCUT2D eigenvalue weighted by Gasteiger charge is 2.37. The van der Waals surface area contributed by atoms with Gasteiger partial charge in [-0.25, -0.2) is 13.4 Å². The Labute approximate surface area is 177 Å². The fourth-order valence-electron chi connectivity index (χ4n) is 4.35. The smallest absolute Gasteiger partial charge is 0.271 e. The molecule has 9 heteroatoms. The van der Waals surface area contributed by atoms with E-state index in [2.05, 4.69) is 15.3 Å². The average Bonchev–Trinajstić information content (AvgIpc) is 2.92. The number of rotatable bonds is 4. The van der Waals surface area contributed by atoms with Crippen LogP contribution in [0, 0.1) is 0 Å². The van der Waals surface area contributed by atoms with Crippen molar-refractivity contribution in [2.75, 3.05) is 34.8 Å². The molecule has 3 aliphatic heterocycles. The number of carbonyl (C=O) groups excluding carboxylic acids is 2. The zero-order valence-electron chi connectivity index (χ0n) is 17.0. The van der Waals surface area contributed by atoms with Crippen LogP contribution >= 0.6 is 0 Å². The lowest BCUT2D eigenvalue weighted by molar-refractivity contribution is -0.133. The minimum Gasteiger partial charge on any atom is -0.370 e. The van der Waals surface area contributed by atoms with Crippen molar-refractivity contribution in [2.24, 2.45) is 5.10 Å². The van der Waals surface area contributed by atoms with E-state index >= 15 is 0 Å². The van der Waals surface area contributed by atoms with Crippen molar-refractivity contribution in [1.29, 1.82) is 0 Å². The largest absolute Gasteiger partial charge is 0.370 e. The maximum atomic E-state index is 12.9. The van der Waals surface area contributed by atoms with E-state index in [1.165, 1.54) is 17.9 Å². The molecule has 1 aromatic rings. The van der Waals surface area contributed by atoms with Crippen LogP contribution in [0.1, 0.15) is 44.9 Å². The molecule has 0 aliphatic carbocycles. The van der Waals surface area contributed by atoms with E-state index in [-0.39, 0.29) is 41.9 Å². The van der Waals surface area contributed by atoms with Crippen molar-refractivity contribution in [3.05, 3.63) is 24.3 Å². The van der Waals surface area contributed by atoms with E-state index in [4.69, 9.17) is 0 Å². The third-order valence-corrected chi connectivity index (χ3v) is 7.73. The van der Waals surface area contributed by atoms with Gasteiger partial charge in [0.25, 0.3) is 5.91 Å². The van der Waals surface area contributed by atoms with Gasteiger partial charge in [-0.1, -0.05) is 25.0 Å². The summed E-state index contributed by atoms with van der Waals surface area (Å²) >= 11 is 0. The highest BCUT2D eigenvalue weighted by Crippen LogP contribution is 2.28. The zero-order chi connectivity index (χ0) is 21.1. The molecule has 2 amide bonds. The lowest BCUT2D eigenvalue weighted by atomic mass is 10.1. The quantitative estimate of drug-likeness (QED) is 0.786. The Morgan fingerprint density at radius 2 is 1.80 bits per heavy atom. The SMILES string of the molecule is O=C(Nc1ccccc1N1CCCCCC1)C1=NN(C2CCS(=O)(=O)C2)C(=O)CC1. The van der Waals surface area contributed by atoms with Gasteiger partial charge in [0.2, 0.25) is 5.91 Å². The molecule has 0 bridgehead atoms. The Morgan fingerprint density at radius 1 is 1.07 bits per heavy atom. The van der Waals surface area contributed by atoms with Gasteiger partial charge in [0.1, 0.15) is 5.71 Å². The Morgan fingerprint density at radius 3 is 2.50 bits per heavy atom. The van der Waals surface area contributed by atoms with Crippen LogP contribution in [0.25, 0.3) is 0 Å². The van der Waals surface area contributed by atoms with Crippen molar-refractivity contribution < 1.29 is 18.0 Å². The summed E-state index contributed by atoms with van der Waals surface area (Å²) < 4.78 is 23.6. The standard InChI is InChI=1S/C21H28N4O4S/c26-20-10-9-18(23-25(20)16-11-14-30(28,29)15-16)21(27)22-17-7-3-4-8-19(17)24-12-5-1-2-6-13-24/h3-4,7-8,16H,1-2,5-6,9-15H2,(H,22,27). The van der Waals surface area contributed by atoms with E-state index in [0.29, 0.717) is 6.42 Å². The highest BCUT2D eigenvalue weighted by atomic mass is 32.2. The third-order valence-electron chi connectivity index (χ3n) is 5.98. The van der Waals surface area contributed by atoms with Crippen LogP contribution in [0.2, 0.25) is 0 Å². The summed E-state index contributed by atoms with van der Waals surface area (Å²) in [6.45, 7) is 1.93. The van der Waals surface area contributed by atoms with Crippen LogP contribution in [0.5, 0.6) is 0 Å². The monoisotopic (exact) mass is 432 g/mol. The molecule has 4 rings (SSSR count). The summed E-state index contributed by atoms with van der Waals surface area (Å²) in [5, 5.41) is 8.47. The summed E-state index contributed by atoms with van der Waals surface area (Å²) in [6, 6.07) is 7.28. The fraction of sp³-hybridized carbons (Fsp3) is 0.571. The molecule has 1 atom stereocenters. The topological polar surface area (TPSA) is 99.2 Å². The molecular formula is C21H28N4O4S. The molecule has 1 N–H and O–H groups in total. The predicted molar refractivity (Wildman–Crippen MR) is 116 cm³/mol. The summed E-state index contributed by atoms with van der Waals surface area (Å²) in [6.07, 6.45) is 5.51. The molecule has 0 radical (unpaired) electrons. The molecular weight excluding hydrogens is 404 g/mol. The Hall–Kier alpha value is -2.42. The highest BCUT2D eigenvalue weighted by molar-refractivity contribution is 7.91. The van der Waals surface area contributed by atoms with Crippen LogP contribution in [-0.4, -0.2) is 61.6 Å². The molecule has 1 unspecified atom stereocenters. The number of hydrogen-bond donors (Lipinski definition) is 1. The fourth-order valence-corrected chi connectivity index (χ4v) is 6.04. The molecule has 3 aliphatic rings. The Bertz CT molecular complexity index is 952. The summed E-state index contributed by atoms with van der Waals surface area (Å²) in [7, 11) is -3.14. The molecule has 3 heterocycles. The third kappa shape index (κ3) is 4.66. The van der Waals surface area contributed by atoms with E-state index in [1.54, 1.807) is 0 Å². The first-order valence-electron chi connectivity index (χ1n) is 10.7. The minimum atomic E-state index is -3.14. The number of nitrogens with zero attached hydrogens (tertiary/aromatic N) is 3. The maximum Gasteiger partial charge on any atom is 0.271 e. The van der Waals surface area contributed by atoms with Gasteiger partial charge < -0.3 is 10.2 Å². The van der Waals surface area contributed by atoms with Crippen molar-refractivity contribution in [3.8, 4) is 0 Å². The number of sulfone groups is 1. The van der Waals surface area contributed by atoms with E-state index in [9.17, 15) is 18.0 Å². The van der Waals surface area contributed by atoms with E-state index in [1.807, 2.05) is 24.3 Å². The second kappa shape index (κ2) is 8.75. The predicted octanol–water partition coefficient (Wildman–Crippen LogP) is 2.17. The van der Waals surface area contributed by atoms with Gasteiger partial charge in [0, 0.05) is 25.9 Å². The van der Waals surface area contributed by atoms with Gasteiger partial charge in [-0.05, 0) is 31.4 Å². The normalized spacial score (nSPS) is 24.3. The zero-order valence-corrected chi connectivity index (χ0v) is 17.9. The molecule has 2 saturated heterocycles. The van der Waals surface area contributed by atoms with Crippen LogP contribution < -0.4 is 10.2 Å². The number of carbonyl (C=O) groups is 2. The van der Waals surface area contributed by atoms with Crippen molar-refractivity contribution in [3.63, 3.8) is 0 Å². The molecule has 0 spiro atoms. The molecule has 0 saturated carbocycles. The summed E-state index contributed by atoms with van der Waals surface area (Å²) in [5.74, 6) is -0.592. The maximum absolute atomic E-state index is 12.9. The van der Waals surface area contributed by atoms with Gasteiger partial charge >= 0.3 is 0 Å². The van der Waals surface area contributed by atoms with Gasteiger partial charge in [0.05, 0.1) is 28.9 Å². The number of amides is 2. The lowest BCUT2D eigenvalue weighted by Crippen LogP contribution is -2.42. The van der Waals surface area contributed by atoms with Crippen LogP contribution in [-0.2, 0) is 19.4 Å². The van der Waals surface area contributed by atoms with Crippen molar-refractivity contribution in [2.45, 2.75) is 51.0 Å². The molecule has 8 nitrogen and oxygen atoms in total. The summed E-state index contributed by atoms with van der Waals surface area (Å²) in [4.78, 5) is 27.6. The van der Waals surface area contributed by atoms with E-state index in [0.717, 1.165) is 37.3 Å². The van der Waals surface area contributed by atoms with Crippen LogP contribution in [0.4, 0.5) is 11.4 Å². The molecule has 30 heavy (non-hydrogen) atoms. The van der Waals surface area contributed by atoms with Gasteiger partial charge in [0.15, 0.2) is 9.84 Å². The Kier molecular flexibility index (Phi) is 6.08. The Balaban J connectivity index is 1.51. The van der Waals surface area contributed by atoms with E-state index < -0.39 is 15.9 Å². The second-order valence-corrected chi connectivity index (χ2v) is 10.4. The average molecular weight is 433 g/mol. The molecule has 162 valence electrons. The van der Waals surface area contributed by atoms with Crippen LogP contribution in [0.3, 0.4) is 0 Å². The number of nitrogens with one attached hydrogen (secondary N) is 1. The van der Waals surface area contributed by atoms with Gasteiger partial charge in [-0.2, -0.15) is 5.10 Å². The number of benzene rings is 1. The number of para-hydroxylation sites is 2. The minimum absolute atomic E-state index is 0.0572. The first-order chi connectivity index (χ1) is 14.4. The van der Waals surface area contributed by atoms with Gasteiger partial charge in [-0.3, -0.25) is 9.59 Å². The summed E-state index contributed by atoms with van der Waals surface area (Å²) in [5.41, 5.74) is 2.00.